The number of rotatable bonds is 14. The molecule has 0 N–H and O–H groups in total. The Morgan fingerprint density at radius 2 is 1.56 bits per heavy atom. The molecule has 1 amide bonds. The maximum absolute atomic E-state index is 13.2. The Bertz CT molecular complexity index is 562. The zero-order valence-electron chi connectivity index (χ0n) is 16.8. The summed E-state index contributed by atoms with van der Waals surface area (Å²) in [5.74, 6) is -1.30. The summed E-state index contributed by atoms with van der Waals surface area (Å²) >= 11 is 0. The summed E-state index contributed by atoms with van der Waals surface area (Å²) in [6.07, 6.45) is 12.2. The number of hydrogen-bond acceptors (Lipinski definition) is 3. The highest BCUT2D eigenvalue weighted by atomic mass is 19.1. The Hall–Kier alpha value is -1.91. The molecule has 1 rings (SSSR count). The van der Waals surface area contributed by atoms with E-state index in [9.17, 15) is 14.0 Å². The molecule has 0 fully saturated rings. The molecule has 0 saturated heterocycles. The zero-order chi connectivity index (χ0) is 19.9. The first-order valence-electron chi connectivity index (χ1n) is 10.2. The predicted octanol–water partition coefficient (Wildman–Crippen LogP) is 5.36. The number of carbonyl (C=O) groups is 2. The Morgan fingerprint density at radius 1 is 0.963 bits per heavy atom. The second-order valence-corrected chi connectivity index (χ2v) is 7.07. The molecule has 5 heteroatoms. The van der Waals surface area contributed by atoms with Crippen molar-refractivity contribution < 1.29 is 18.7 Å². The van der Waals surface area contributed by atoms with Gasteiger partial charge >= 0.3 is 5.97 Å². The predicted molar refractivity (Wildman–Crippen MR) is 106 cm³/mol. The summed E-state index contributed by atoms with van der Waals surface area (Å²) in [6, 6.07) is 5.43. The van der Waals surface area contributed by atoms with Crippen LogP contribution in [0.3, 0.4) is 0 Å². The molecule has 0 aliphatic rings. The first-order chi connectivity index (χ1) is 13.0. The van der Waals surface area contributed by atoms with E-state index in [0.29, 0.717) is 6.61 Å². The van der Waals surface area contributed by atoms with Crippen LogP contribution in [-0.2, 0) is 9.53 Å². The lowest BCUT2D eigenvalue weighted by Crippen LogP contribution is -2.33. The molecule has 0 aromatic heterocycles. The smallest absolute Gasteiger partial charge is 0.325 e. The van der Waals surface area contributed by atoms with E-state index in [1.165, 1.54) is 81.5 Å². The molecule has 0 radical (unpaired) electrons. The van der Waals surface area contributed by atoms with Gasteiger partial charge in [-0.2, -0.15) is 0 Å². The van der Waals surface area contributed by atoms with Crippen LogP contribution in [0.5, 0.6) is 0 Å². The van der Waals surface area contributed by atoms with Crippen LogP contribution in [-0.4, -0.2) is 37.0 Å². The van der Waals surface area contributed by atoms with Crippen molar-refractivity contribution in [2.24, 2.45) is 0 Å². The molecule has 1 aromatic rings. The van der Waals surface area contributed by atoms with Crippen molar-refractivity contribution in [3.63, 3.8) is 0 Å². The third kappa shape index (κ3) is 10.7. The van der Waals surface area contributed by atoms with Crippen LogP contribution in [0.2, 0.25) is 0 Å². The van der Waals surface area contributed by atoms with Gasteiger partial charge in [0.1, 0.15) is 12.4 Å². The minimum Gasteiger partial charge on any atom is -0.464 e. The summed E-state index contributed by atoms with van der Waals surface area (Å²) in [4.78, 5) is 25.2. The van der Waals surface area contributed by atoms with E-state index in [1.54, 1.807) is 0 Å². The molecular weight excluding hydrogens is 345 g/mol. The fraction of sp³-hybridized carbons (Fsp3) is 0.636. The molecule has 27 heavy (non-hydrogen) atoms. The summed E-state index contributed by atoms with van der Waals surface area (Å²) < 4.78 is 18.4. The van der Waals surface area contributed by atoms with Crippen LogP contribution in [0.25, 0.3) is 0 Å². The number of benzene rings is 1. The second-order valence-electron chi connectivity index (χ2n) is 7.07. The molecule has 1 aromatic carbocycles. The molecule has 0 aliphatic carbocycles. The second kappa shape index (κ2) is 14.2. The molecule has 152 valence electrons. The number of carbonyl (C=O) groups excluding carboxylic acids is 2. The Morgan fingerprint density at radius 3 is 2.15 bits per heavy atom. The lowest BCUT2D eigenvalue weighted by Gasteiger charge is -2.16. The third-order valence-corrected chi connectivity index (χ3v) is 4.55. The van der Waals surface area contributed by atoms with E-state index in [4.69, 9.17) is 4.74 Å². The fourth-order valence-corrected chi connectivity index (χ4v) is 2.93. The van der Waals surface area contributed by atoms with E-state index in [0.717, 1.165) is 18.9 Å². The summed E-state index contributed by atoms with van der Waals surface area (Å²) in [5, 5.41) is 0. The maximum atomic E-state index is 13.2. The van der Waals surface area contributed by atoms with E-state index in [1.807, 2.05) is 0 Å². The van der Waals surface area contributed by atoms with Crippen LogP contribution in [0.15, 0.2) is 24.3 Å². The van der Waals surface area contributed by atoms with Gasteiger partial charge < -0.3 is 9.64 Å². The van der Waals surface area contributed by atoms with Crippen molar-refractivity contribution >= 4 is 11.9 Å². The fourth-order valence-electron chi connectivity index (χ4n) is 2.93. The molecule has 0 spiro atoms. The Balaban J connectivity index is 2.06. The Labute approximate surface area is 163 Å². The summed E-state index contributed by atoms with van der Waals surface area (Å²) in [5.41, 5.74) is 0.222. The van der Waals surface area contributed by atoms with Crippen molar-refractivity contribution in [3.8, 4) is 0 Å². The average molecular weight is 380 g/mol. The van der Waals surface area contributed by atoms with Crippen molar-refractivity contribution in [2.75, 3.05) is 20.2 Å². The van der Waals surface area contributed by atoms with Gasteiger partial charge in [0.15, 0.2) is 0 Å². The number of amides is 1. The molecular formula is C22H34FNO3. The molecule has 4 nitrogen and oxygen atoms in total. The molecule has 0 saturated carbocycles. The van der Waals surface area contributed by atoms with Crippen molar-refractivity contribution in [1.29, 1.82) is 0 Å². The normalized spacial score (nSPS) is 10.6. The van der Waals surface area contributed by atoms with Gasteiger partial charge in [0, 0.05) is 12.6 Å². The topological polar surface area (TPSA) is 46.6 Å². The van der Waals surface area contributed by atoms with Gasteiger partial charge in [0.2, 0.25) is 0 Å². The van der Waals surface area contributed by atoms with Gasteiger partial charge in [-0.3, -0.25) is 9.59 Å². The van der Waals surface area contributed by atoms with E-state index in [2.05, 4.69) is 6.92 Å². The number of esters is 1. The molecule has 0 unspecified atom stereocenters. The lowest BCUT2D eigenvalue weighted by atomic mass is 10.1. The van der Waals surface area contributed by atoms with Gasteiger partial charge in [0.05, 0.1) is 6.61 Å². The van der Waals surface area contributed by atoms with E-state index in [-0.39, 0.29) is 12.1 Å². The molecule has 0 atom stereocenters. The van der Waals surface area contributed by atoms with Gasteiger partial charge in [-0.15, -0.1) is 0 Å². The van der Waals surface area contributed by atoms with Gasteiger partial charge in [-0.05, 0) is 24.6 Å². The highest BCUT2D eigenvalue weighted by molar-refractivity contribution is 5.95. The van der Waals surface area contributed by atoms with Crippen LogP contribution in [0.1, 0.15) is 81.5 Å². The first kappa shape index (κ1) is 23.1. The van der Waals surface area contributed by atoms with Gasteiger partial charge in [-0.1, -0.05) is 70.8 Å². The number of likely N-dealkylation sites (N-methyl/N-ethyl adjacent to an activating group) is 1. The average Bonchev–Trinajstić information content (AvgIpc) is 2.65. The molecule has 0 aliphatic heterocycles. The number of nitrogens with zero attached hydrogens (tertiary/aromatic N) is 1. The molecule has 0 bridgehead atoms. The van der Waals surface area contributed by atoms with Gasteiger partial charge in [-0.25, -0.2) is 4.39 Å². The largest absolute Gasteiger partial charge is 0.464 e. The van der Waals surface area contributed by atoms with Crippen LogP contribution in [0.4, 0.5) is 4.39 Å². The van der Waals surface area contributed by atoms with Gasteiger partial charge in [0.25, 0.3) is 5.91 Å². The summed E-state index contributed by atoms with van der Waals surface area (Å²) in [7, 11) is 1.51. The monoisotopic (exact) mass is 379 g/mol. The van der Waals surface area contributed by atoms with E-state index >= 15 is 0 Å². The van der Waals surface area contributed by atoms with Crippen molar-refractivity contribution in [3.05, 3.63) is 35.6 Å². The number of unbranched alkanes of at least 4 members (excludes halogenated alkanes) is 9. The van der Waals surface area contributed by atoms with Crippen LogP contribution < -0.4 is 0 Å². The number of halogens is 1. The van der Waals surface area contributed by atoms with Crippen LogP contribution in [0, 0.1) is 5.82 Å². The highest BCUT2D eigenvalue weighted by Gasteiger charge is 2.16. The molecule has 0 heterocycles. The lowest BCUT2D eigenvalue weighted by molar-refractivity contribution is -0.144. The van der Waals surface area contributed by atoms with Crippen molar-refractivity contribution in [2.45, 2.75) is 71.1 Å². The van der Waals surface area contributed by atoms with Crippen LogP contribution >= 0.6 is 0 Å². The van der Waals surface area contributed by atoms with Crippen molar-refractivity contribution in [1.82, 2.24) is 4.90 Å². The number of hydrogen-bond donors (Lipinski definition) is 0. The highest BCUT2D eigenvalue weighted by Crippen LogP contribution is 2.11. The SMILES string of the molecule is CCCCCCCCCCCCOC(=O)CN(C)C(=O)c1cccc(F)c1. The summed E-state index contributed by atoms with van der Waals surface area (Å²) in [6.45, 7) is 2.48. The third-order valence-electron chi connectivity index (χ3n) is 4.55. The zero-order valence-corrected chi connectivity index (χ0v) is 16.8. The van der Waals surface area contributed by atoms with E-state index < -0.39 is 17.7 Å². The minimum atomic E-state index is -0.474. The Kier molecular flexibility index (Phi) is 12.2. The quantitative estimate of drug-likeness (QED) is 0.323. The minimum absolute atomic E-state index is 0.132. The number of ether oxygens (including phenoxy) is 1. The maximum Gasteiger partial charge on any atom is 0.325 e. The first-order valence-corrected chi connectivity index (χ1v) is 10.2. The standard InChI is InChI=1S/C22H34FNO3/c1-3-4-5-6-7-8-9-10-11-12-16-27-21(25)18-24(2)22(26)19-14-13-15-20(23)17-19/h13-15,17H,3-12,16,18H2,1-2H3.